The van der Waals surface area contributed by atoms with Gasteiger partial charge in [0.25, 0.3) is 0 Å². The average molecular weight is 255 g/mol. The third-order valence-corrected chi connectivity index (χ3v) is 4.02. The maximum atomic E-state index is 5.58. The molecule has 1 atom stereocenters. The van der Waals surface area contributed by atoms with Crippen LogP contribution in [0.1, 0.15) is 35.4 Å². The standard InChI is InChI=1S/C16H21N3/c17-9-8-13-10-18-19(11-13)12-15-6-3-5-14-4-1-2-7-16(14)15/h1-2,4,7,10-11,15H,3,5-6,8-9,12,17H2. The Morgan fingerprint density at radius 3 is 3.11 bits per heavy atom. The normalized spacial score (nSPS) is 18.3. The molecule has 3 heteroatoms. The number of hydrogen-bond donors (Lipinski definition) is 1. The third kappa shape index (κ3) is 2.71. The minimum atomic E-state index is 0.607. The molecule has 0 saturated heterocycles. The Kier molecular flexibility index (Phi) is 3.65. The number of nitrogens with two attached hydrogens (primary N) is 1. The van der Waals surface area contributed by atoms with Crippen molar-refractivity contribution in [2.75, 3.05) is 6.54 Å². The molecule has 0 spiro atoms. The summed E-state index contributed by atoms with van der Waals surface area (Å²) in [6.45, 7) is 1.68. The van der Waals surface area contributed by atoms with Crippen LogP contribution in [0.25, 0.3) is 0 Å². The SMILES string of the molecule is NCCc1cnn(CC2CCCc3ccccc32)c1. The Hall–Kier alpha value is -1.61. The molecule has 1 aliphatic rings. The van der Waals surface area contributed by atoms with E-state index in [1.54, 1.807) is 0 Å². The Balaban J connectivity index is 1.76. The molecule has 0 fully saturated rings. The summed E-state index contributed by atoms with van der Waals surface area (Å²) < 4.78 is 2.08. The van der Waals surface area contributed by atoms with Crippen LogP contribution in [-0.2, 0) is 19.4 Å². The number of hydrogen-bond acceptors (Lipinski definition) is 2. The van der Waals surface area contributed by atoms with E-state index in [-0.39, 0.29) is 0 Å². The topological polar surface area (TPSA) is 43.8 Å². The van der Waals surface area contributed by atoms with Crippen molar-refractivity contribution < 1.29 is 0 Å². The molecule has 19 heavy (non-hydrogen) atoms. The number of nitrogens with zero attached hydrogens (tertiary/aromatic N) is 2. The molecule has 1 heterocycles. The lowest BCUT2D eigenvalue weighted by molar-refractivity contribution is 0.457. The number of benzene rings is 1. The zero-order chi connectivity index (χ0) is 13.1. The van der Waals surface area contributed by atoms with Gasteiger partial charge in [0.15, 0.2) is 0 Å². The van der Waals surface area contributed by atoms with E-state index < -0.39 is 0 Å². The number of aryl methyl sites for hydroxylation is 1. The van der Waals surface area contributed by atoms with Gasteiger partial charge in [0, 0.05) is 18.7 Å². The van der Waals surface area contributed by atoms with Gasteiger partial charge < -0.3 is 5.73 Å². The first kappa shape index (κ1) is 12.4. The van der Waals surface area contributed by atoms with Crippen LogP contribution in [0.4, 0.5) is 0 Å². The van der Waals surface area contributed by atoms with Gasteiger partial charge in [-0.1, -0.05) is 24.3 Å². The second-order valence-corrected chi connectivity index (χ2v) is 5.40. The minimum absolute atomic E-state index is 0.607. The molecule has 1 unspecified atom stereocenters. The largest absolute Gasteiger partial charge is 0.330 e. The highest BCUT2D eigenvalue weighted by Crippen LogP contribution is 2.32. The summed E-state index contributed by atoms with van der Waals surface area (Å²) in [6.07, 6.45) is 8.79. The summed E-state index contributed by atoms with van der Waals surface area (Å²) in [4.78, 5) is 0. The minimum Gasteiger partial charge on any atom is -0.330 e. The lowest BCUT2D eigenvalue weighted by atomic mass is 9.83. The first-order chi connectivity index (χ1) is 9.36. The average Bonchev–Trinajstić information content (AvgIpc) is 2.87. The molecule has 1 aliphatic carbocycles. The molecule has 0 bridgehead atoms. The summed E-state index contributed by atoms with van der Waals surface area (Å²) in [5.41, 5.74) is 9.86. The molecule has 0 radical (unpaired) electrons. The van der Waals surface area contributed by atoms with E-state index in [2.05, 4.69) is 40.2 Å². The summed E-state index contributed by atoms with van der Waals surface area (Å²) in [6, 6.07) is 8.85. The smallest absolute Gasteiger partial charge is 0.0522 e. The van der Waals surface area contributed by atoms with Gasteiger partial charge in [0.2, 0.25) is 0 Å². The second kappa shape index (κ2) is 5.57. The van der Waals surface area contributed by atoms with E-state index in [1.807, 2.05) is 6.20 Å². The van der Waals surface area contributed by atoms with Gasteiger partial charge in [-0.15, -0.1) is 0 Å². The highest BCUT2D eigenvalue weighted by molar-refractivity contribution is 5.32. The van der Waals surface area contributed by atoms with Crippen LogP contribution < -0.4 is 5.73 Å². The third-order valence-electron chi connectivity index (χ3n) is 4.02. The molecule has 0 amide bonds. The molecule has 1 aromatic heterocycles. The maximum Gasteiger partial charge on any atom is 0.0522 e. The Morgan fingerprint density at radius 2 is 2.21 bits per heavy atom. The Bertz CT molecular complexity index is 544. The number of rotatable bonds is 4. The summed E-state index contributed by atoms with van der Waals surface area (Å²) >= 11 is 0. The van der Waals surface area contributed by atoms with Crippen molar-refractivity contribution in [1.82, 2.24) is 9.78 Å². The number of aromatic nitrogens is 2. The van der Waals surface area contributed by atoms with Gasteiger partial charge in [-0.25, -0.2) is 0 Å². The monoisotopic (exact) mass is 255 g/mol. The van der Waals surface area contributed by atoms with Gasteiger partial charge in [-0.3, -0.25) is 4.68 Å². The van der Waals surface area contributed by atoms with Gasteiger partial charge in [-0.05, 0) is 48.9 Å². The Morgan fingerprint density at radius 1 is 1.32 bits per heavy atom. The highest BCUT2D eigenvalue weighted by atomic mass is 15.3. The lowest BCUT2D eigenvalue weighted by Gasteiger charge is -2.25. The molecule has 2 aromatic rings. The fourth-order valence-corrected chi connectivity index (χ4v) is 3.07. The van der Waals surface area contributed by atoms with E-state index in [1.165, 1.54) is 36.0 Å². The molecule has 1 aromatic carbocycles. The van der Waals surface area contributed by atoms with E-state index >= 15 is 0 Å². The fourth-order valence-electron chi connectivity index (χ4n) is 3.07. The van der Waals surface area contributed by atoms with Crippen LogP contribution in [0.5, 0.6) is 0 Å². The van der Waals surface area contributed by atoms with Crippen LogP contribution in [0, 0.1) is 0 Å². The van der Waals surface area contributed by atoms with E-state index in [0.717, 1.165) is 13.0 Å². The Labute approximate surface area is 114 Å². The quantitative estimate of drug-likeness (QED) is 0.912. The molecule has 2 N–H and O–H groups in total. The van der Waals surface area contributed by atoms with Crippen LogP contribution in [-0.4, -0.2) is 16.3 Å². The fraction of sp³-hybridized carbons (Fsp3) is 0.438. The van der Waals surface area contributed by atoms with Crippen molar-refractivity contribution in [2.45, 2.75) is 38.1 Å². The predicted octanol–water partition coefficient (Wildman–Crippen LogP) is 2.50. The van der Waals surface area contributed by atoms with Crippen molar-refractivity contribution in [3.05, 3.63) is 53.3 Å². The van der Waals surface area contributed by atoms with Gasteiger partial charge in [0.1, 0.15) is 0 Å². The zero-order valence-electron chi connectivity index (χ0n) is 11.3. The van der Waals surface area contributed by atoms with Crippen molar-refractivity contribution in [3.8, 4) is 0 Å². The molecule has 0 saturated carbocycles. The van der Waals surface area contributed by atoms with E-state index in [4.69, 9.17) is 5.73 Å². The van der Waals surface area contributed by atoms with Crippen LogP contribution >= 0.6 is 0 Å². The summed E-state index contributed by atoms with van der Waals surface area (Å²) in [7, 11) is 0. The first-order valence-corrected chi connectivity index (χ1v) is 7.16. The van der Waals surface area contributed by atoms with Crippen molar-refractivity contribution in [3.63, 3.8) is 0 Å². The predicted molar refractivity (Wildman–Crippen MR) is 77.1 cm³/mol. The lowest BCUT2D eigenvalue weighted by Crippen LogP contribution is -2.15. The van der Waals surface area contributed by atoms with Crippen LogP contribution in [0.3, 0.4) is 0 Å². The molecular formula is C16H21N3. The van der Waals surface area contributed by atoms with Crippen molar-refractivity contribution in [1.29, 1.82) is 0 Å². The zero-order valence-corrected chi connectivity index (χ0v) is 11.3. The molecule has 3 nitrogen and oxygen atoms in total. The highest BCUT2D eigenvalue weighted by Gasteiger charge is 2.20. The second-order valence-electron chi connectivity index (χ2n) is 5.40. The first-order valence-electron chi connectivity index (χ1n) is 7.16. The molecule has 0 aliphatic heterocycles. The van der Waals surface area contributed by atoms with Gasteiger partial charge >= 0.3 is 0 Å². The van der Waals surface area contributed by atoms with Crippen molar-refractivity contribution >= 4 is 0 Å². The van der Waals surface area contributed by atoms with E-state index in [0.29, 0.717) is 12.5 Å². The van der Waals surface area contributed by atoms with Crippen LogP contribution in [0.2, 0.25) is 0 Å². The van der Waals surface area contributed by atoms with Crippen LogP contribution in [0.15, 0.2) is 36.7 Å². The molecular weight excluding hydrogens is 234 g/mol. The molecule has 100 valence electrons. The summed E-state index contributed by atoms with van der Waals surface area (Å²) in [5.74, 6) is 0.607. The van der Waals surface area contributed by atoms with Gasteiger partial charge in [0.05, 0.1) is 6.20 Å². The van der Waals surface area contributed by atoms with E-state index in [9.17, 15) is 0 Å². The molecule has 3 rings (SSSR count). The summed E-state index contributed by atoms with van der Waals surface area (Å²) in [5, 5.41) is 4.46. The van der Waals surface area contributed by atoms with Crippen molar-refractivity contribution in [2.24, 2.45) is 5.73 Å². The maximum absolute atomic E-state index is 5.58. The number of fused-ring (bicyclic) bond motifs is 1. The van der Waals surface area contributed by atoms with Gasteiger partial charge in [-0.2, -0.15) is 5.10 Å².